The minimum atomic E-state index is -0.0936. The molecule has 1 amide bonds. The molecule has 3 aromatic heterocycles. The number of benzene rings is 1. The molecule has 10 heteroatoms. The van der Waals surface area contributed by atoms with Gasteiger partial charge in [-0.1, -0.05) is 17.8 Å². The molecule has 0 bridgehead atoms. The van der Waals surface area contributed by atoms with Gasteiger partial charge in [0, 0.05) is 12.3 Å². The van der Waals surface area contributed by atoms with E-state index in [1.807, 2.05) is 21.9 Å². The summed E-state index contributed by atoms with van der Waals surface area (Å²) in [6.07, 6.45) is 5.31. The zero-order valence-corrected chi connectivity index (χ0v) is 19.6. The molecule has 33 heavy (non-hydrogen) atoms. The molecule has 0 radical (unpaired) electrons. The number of fused-ring (bicyclic) bond motifs is 4. The van der Waals surface area contributed by atoms with Gasteiger partial charge in [0.25, 0.3) is 5.56 Å². The molecule has 0 spiro atoms. The number of thioether (sulfide) groups is 1. The zero-order valence-electron chi connectivity index (χ0n) is 18.0. The van der Waals surface area contributed by atoms with Crippen molar-refractivity contribution in [3.63, 3.8) is 0 Å². The van der Waals surface area contributed by atoms with Crippen molar-refractivity contribution in [3.8, 4) is 0 Å². The lowest BCUT2D eigenvalue weighted by Gasteiger charge is -2.13. The number of nitrogens with zero attached hydrogens (tertiary/aromatic N) is 4. The van der Waals surface area contributed by atoms with Gasteiger partial charge in [0.05, 0.1) is 23.9 Å². The molecule has 1 atom stereocenters. The van der Waals surface area contributed by atoms with Gasteiger partial charge in [0.15, 0.2) is 5.16 Å². The lowest BCUT2D eigenvalue weighted by molar-refractivity contribution is -0.113. The van der Waals surface area contributed by atoms with Gasteiger partial charge >= 0.3 is 0 Å². The molecular formula is C23H23N5O3S2. The predicted molar refractivity (Wildman–Crippen MR) is 129 cm³/mol. The van der Waals surface area contributed by atoms with Gasteiger partial charge < -0.3 is 10.1 Å². The summed E-state index contributed by atoms with van der Waals surface area (Å²) in [5, 5.41) is 14.1. The van der Waals surface area contributed by atoms with E-state index >= 15 is 0 Å². The Kier molecular flexibility index (Phi) is 5.43. The molecule has 8 nitrogen and oxygen atoms in total. The van der Waals surface area contributed by atoms with Crippen LogP contribution in [0.3, 0.4) is 0 Å². The zero-order chi connectivity index (χ0) is 22.4. The van der Waals surface area contributed by atoms with Crippen molar-refractivity contribution < 1.29 is 9.53 Å². The summed E-state index contributed by atoms with van der Waals surface area (Å²) in [4.78, 5) is 25.8. The average molecular weight is 482 g/mol. The Morgan fingerprint density at radius 3 is 3.00 bits per heavy atom. The lowest BCUT2D eigenvalue weighted by Crippen LogP contribution is -2.28. The molecule has 6 rings (SSSR count). The normalized spacial score (nSPS) is 17.8. The summed E-state index contributed by atoms with van der Waals surface area (Å²) in [5.74, 6) is 0.598. The molecule has 4 aromatic rings. The highest BCUT2D eigenvalue weighted by Crippen LogP contribution is 2.27. The van der Waals surface area contributed by atoms with Gasteiger partial charge in [-0.2, -0.15) is 0 Å². The molecule has 1 aliphatic heterocycles. The second kappa shape index (κ2) is 8.58. The molecule has 1 fully saturated rings. The SMILES string of the molecule is O=C(CSc1nnc2n(C[C@@H]3CCCO3)c(=O)c3sccc3n12)Nc1ccc2c(c1)CCC2. The van der Waals surface area contributed by atoms with Crippen LogP contribution in [0.15, 0.2) is 39.6 Å². The van der Waals surface area contributed by atoms with Crippen LogP contribution in [-0.2, 0) is 28.9 Å². The summed E-state index contributed by atoms with van der Waals surface area (Å²) in [5.41, 5.74) is 4.24. The number of aryl methyl sites for hydroxylation is 2. The van der Waals surface area contributed by atoms with Crippen molar-refractivity contribution in [1.82, 2.24) is 19.2 Å². The number of hydrogen-bond donors (Lipinski definition) is 1. The monoisotopic (exact) mass is 481 g/mol. The Bertz CT molecular complexity index is 1420. The van der Waals surface area contributed by atoms with E-state index in [0.29, 0.717) is 22.2 Å². The van der Waals surface area contributed by atoms with Crippen LogP contribution in [0, 0.1) is 0 Å². The molecule has 1 N–H and O–H groups in total. The van der Waals surface area contributed by atoms with Gasteiger partial charge in [-0.3, -0.25) is 18.6 Å². The number of thiophene rings is 1. The summed E-state index contributed by atoms with van der Waals surface area (Å²) < 4.78 is 9.96. The van der Waals surface area contributed by atoms with E-state index in [1.54, 1.807) is 4.57 Å². The summed E-state index contributed by atoms with van der Waals surface area (Å²) >= 11 is 2.73. The van der Waals surface area contributed by atoms with Gasteiger partial charge in [-0.05, 0) is 66.8 Å². The largest absolute Gasteiger partial charge is 0.376 e. The first-order chi connectivity index (χ1) is 16.2. The van der Waals surface area contributed by atoms with E-state index in [2.05, 4.69) is 27.6 Å². The number of nitrogens with one attached hydrogen (secondary N) is 1. The van der Waals surface area contributed by atoms with E-state index in [4.69, 9.17) is 4.74 Å². The van der Waals surface area contributed by atoms with Crippen LogP contribution in [-0.4, -0.2) is 43.5 Å². The first kappa shape index (κ1) is 20.9. The first-order valence-electron chi connectivity index (χ1n) is 11.2. The lowest BCUT2D eigenvalue weighted by atomic mass is 10.1. The molecule has 4 heterocycles. The van der Waals surface area contributed by atoms with E-state index < -0.39 is 0 Å². The summed E-state index contributed by atoms with van der Waals surface area (Å²) in [6.45, 7) is 1.18. The Hall–Kier alpha value is -2.69. The van der Waals surface area contributed by atoms with Gasteiger partial charge in [-0.25, -0.2) is 0 Å². The first-order valence-corrected chi connectivity index (χ1v) is 13.0. The van der Waals surface area contributed by atoms with Crippen LogP contribution in [0.4, 0.5) is 5.69 Å². The highest BCUT2D eigenvalue weighted by atomic mass is 32.2. The van der Waals surface area contributed by atoms with Crippen molar-refractivity contribution in [3.05, 3.63) is 51.1 Å². The standard InChI is InChI=1S/C23H23N5O3S2/c29-19(24-16-7-6-14-3-1-4-15(14)11-16)13-33-23-26-25-22-27(12-17-5-2-9-31-17)21(30)20-18(28(22)23)8-10-32-20/h6-8,10-11,17H,1-5,9,12-13H2,(H,24,29)/t17-/m0/s1. The number of hydrogen-bond acceptors (Lipinski definition) is 7. The van der Waals surface area contributed by atoms with Crippen LogP contribution in [0.5, 0.6) is 0 Å². The van der Waals surface area contributed by atoms with Gasteiger partial charge in [0.2, 0.25) is 11.7 Å². The highest BCUT2D eigenvalue weighted by molar-refractivity contribution is 7.99. The third-order valence-electron chi connectivity index (χ3n) is 6.31. The molecule has 0 unspecified atom stereocenters. The Morgan fingerprint density at radius 1 is 1.21 bits per heavy atom. The fraction of sp³-hybridized carbons (Fsp3) is 0.391. The van der Waals surface area contributed by atoms with E-state index in [9.17, 15) is 9.59 Å². The predicted octanol–water partition coefficient (Wildman–Crippen LogP) is 3.50. The minimum absolute atomic E-state index is 0.00909. The van der Waals surface area contributed by atoms with Crippen molar-refractivity contribution in [2.24, 2.45) is 0 Å². The third kappa shape index (κ3) is 3.85. The fourth-order valence-corrected chi connectivity index (χ4v) is 6.29. The number of amides is 1. The van der Waals surface area contributed by atoms with Gasteiger partial charge in [-0.15, -0.1) is 21.5 Å². The quantitative estimate of drug-likeness (QED) is 0.424. The van der Waals surface area contributed by atoms with Gasteiger partial charge in [0.1, 0.15) is 4.70 Å². The topological polar surface area (TPSA) is 90.5 Å². The van der Waals surface area contributed by atoms with Crippen LogP contribution in [0.25, 0.3) is 16.0 Å². The van der Waals surface area contributed by atoms with Crippen LogP contribution in [0.2, 0.25) is 0 Å². The van der Waals surface area contributed by atoms with Crippen molar-refractivity contribution in [1.29, 1.82) is 0 Å². The molecule has 1 saturated heterocycles. The minimum Gasteiger partial charge on any atom is -0.376 e. The third-order valence-corrected chi connectivity index (χ3v) is 8.13. The van der Waals surface area contributed by atoms with Crippen LogP contribution < -0.4 is 10.9 Å². The van der Waals surface area contributed by atoms with Crippen LogP contribution in [0.1, 0.15) is 30.4 Å². The second-order valence-electron chi connectivity index (χ2n) is 8.48. The molecule has 1 aromatic carbocycles. The van der Waals surface area contributed by atoms with Crippen molar-refractivity contribution >= 4 is 50.7 Å². The van der Waals surface area contributed by atoms with Crippen LogP contribution >= 0.6 is 23.1 Å². The maximum absolute atomic E-state index is 13.1. The molecule has 2 aliphatic rings. The number of aromatic nitrogens is 4. The smallest absolute Gasteiger partial charge is 0.272 e. The molecule has 1 aliphatic carbocycles. The van der Waals surface area contributed by atoms with E-state index in [0.717, 1.165) is 43.5 Å². The fourth-order valence-electron chi connectivity index (χ4n) is 4.73. The Morgan fingerprint density at radius 2 is 2.12 bits per heavy atom. The highest BCUT2D eigenvalue weighted by Gasteiger charge is 2.23. The molecule has 170 valence electrons. The van der Waals surface area contributed by atoms with Crippen molar-refractivity contribution in [2.45, 2.75) is 49.9 Å². The summed E-state index contributed by atoms with van der Waals surface area (Å²) in [6, 6.07) is 8.06. The van der Waals surface area contributed by atoms with E-state index in [-0.39, 0.29) is 23.3 Å². The summed E-state index contributed by atoms with van der Waals surface area (Å²) in [7, 11) is 0. The number of ether oxygens (including phenoxy) is 1. The average Bonchev–Trinajstić information content (AvgIpc) is 3.60. The maximum Gasteiger partial charge on any atom is 0.272 e. The Labute approximate surface area is 198 Å². The molecule has 0 saturated carbocycles. The number of carbonyl (C=O) groups is 1. The number of anilines is 1. The molecular weight excluding hydrogens is 458 g/mol. The number of rotatable bonds is 6. The number of carbonyl (C=O) groups excluding carboxylic acids is 1. The Balaban J connectivity index is 1.26. The maximum atomic E-state index is 13.1. The van der Waals surface area contributed by atoms with Crippen molar-refractivity contribution in [2.75, 3.05) is 17.7 Å². The van der Waals surface area contributed by atoms with E-state index in [1.165, 1.54) is 40.6 Å². The second-order valence-corrected chi connectivity index (χ2v) is 10.3.